The molecule has 0 saturated heterocycles. The van der Waals surface area contributed by atoms with Crippen molar-refractivity contribution in [2.75, 3.05) is 0 Å². The average Bonchev–Trinajstić information content (AvgIpc) is 2.82. The van der Waals surface area contributed by atoms with Gasteiger partial charge in [0.25, 0.3) is 0 Å². The Morgan fingerprint density at radius 3 is 2.52 bits per heavy atom. The van der Waals surface area contributed by atoms with Gasteiger partial charge in [-0.1, -0.05) is 26.7 Å². The van der Waals surface area contributed by atoms with Crippen molar-refractivity contribution >= 4 is 11.6 Å². The first-order valence-corrected chi connectivity index (χ1v) is 9.91. The first kappa shape index (κ1) is 15.8. The average molecular weight is 316 g/mol. The molecule has 0 aromatic heterocycles. The lowest BCUT2D eigenvalue weighted by atomic mass is 9.44. The summed E-state index contributed by atoms with van der Waals surface area (Å²) in [5, 5.41) is 0. The van der Waals surface area contributed by atoms with Crippen molar-refractivity contribution in [1.29, 1.82) is 0 Å². The molecule has 23 heavy (non-hydrogen) atoms. The van der Waals surface area contributed by atoms with Crippen LogP contribution in [-0.2, 0) is 9.59 Å². The Balaban J connectivity index is 1.70. The van der Waals surface area contributed by atoms with Gasteiger partial charge in [-0.15, -0.1) is 0 Å². The molecule has 2 heteroatoms. The molecular formula is C21H32O2. The summed E-state index contributed by atoms with van der Waals surface area (Å²) in [5.41, 5.74) is 0.218. The van der Waals surface area contributed by atoms with Gasteiger partial charge in [-0.05, 0) is 74.0 Å². The molecule has 0 heterocycles. The molecule has 4 saturated carbocycles. The van der Waals surface area contributed by atoms with E-state index >= 15 is 0 Å². The highest BCUT2D eigenvalue weighted by molar-refractivity contribution is 5.87. The molecule has 7 atom stereocenters. The molecule has 4 fully saturated rings. The summed E-state index contributed by atoms with van der Waals surface area (Å²) in [7, 11) is 0. The SMILES string of the molecule is CC(=O)[C@H]1CC[C@H]2[C@@H]3CCC4CCCC[C@]4(C)[C@H]3C(=O)C[C@]12C. The van der Waals surface area contributed by atoms with Gasteiger partial charge >= 0.3 is 0 Å². The molecular weight excluding hydrogens is 284 g/mol. The lowest BCUT2D eigenvalue weighted by molar-refractivity contribution is -0.158. The van der Waals surface area contributed by atoms with Crippen LogP contribution in [-0.4, -0.2) is 11.6 Å². The van der Waals surface area contributed by atoms with Gasteiger partial charge in [0, 0.05) is 18.3 Å². The van der Waals surface area contributed by atoms with Gasteiger partial charge < -0.3 is 0 Å². The molecule has 128 valence electrons. The number of Topliss-reactive ketones (excluding diaryl/α,β-unsaturated/α-hetero) is 2. The molecule has 0 radical (unpaired) electrons. The fourth-order valence-electron chi connectivity index (χ4n) is 7.78. The maximum Gasteiger partial charge on any atom is 0.137 e. The first-order valence-electron chi connectivity index (χ1n) is 9.91. The summed E-state index contributed by atoms with van der Waals surface area (Å²) in [6, 6.07) is 0. The van der Waals surface area contributed by atoms with E-state index in [0.717, 1.165) is 12.3 Å². The van der Waals surface area contributed by atoms with Gasteiger partial charge in [0.15, 0.2) is 0 Å². The minimum atomic E-state index is -0.0397. The second-order valence-corrected chi connectivity index (χ2v) is 9.66. The van der Waals surface area contributed by atoms with Crippen molar-refractivity contribution in [3.63, 3.8) is 0 Å². The van der Waals surface area contributed by atoms with Crippen LogP contribution in [0.3, 0.4) is 0 Å². The molecule has 1 unspecified atom stereocenters. The summed E-state index contributed by atoms with van der Waals surface area (Å²) in [6.45, 7) is 6.44. The number of hydrogen-bond acceptors (Lipinski definition) is 2. The van der Waals surface area contributed by atoms with E-state index < -0.39 is 0 Å². The van der Waals surface area contributed by atoms with E-state index in [1.54, 1.807) is 6.92 Å². The van der Waals surface area contributed by atoms with E-state index in [0.29, 0.717) is 35.7 Å². The highest BCUT2D eigenvalue weighted by Crippen LogP contribution is 2.66. The van der Waals surface area contributed by atoms with Crippen molar-refractivity contribution in [3.8, 4) is 0 Å². The van der Waals surface area contributed by atoms with E-state index in [1.165, 1.54) is 44.9 Å². The fourth-order valence-corrected chi connectivity index (χ4v) is 7.78. The smallest absolute Gasteiger partial charge is 0.137 e. The quantitative estimate of drug-likeness (QED) is 0.696. The molecule has 0 bridgehead atoms. The Morgan fingerprint density at radius 2 is 1.78 bits per heavy atom. The monoisotopic (exact) mass is 316 g/mol. The van der Waals surface area contributed by atoms with Crippen LogP contribution in [0.15, 0.2) is 0 Å². The van der Waals surface area contributed by atoms with Gasteiger partial charge in [-0.25, -0.2) is 0 Å². The van der Waals surface area contributed by atoms with E-state index in [4.69, 9.17) is 0 Å². The van der Waals surface area contributed by atoms with Crippen molar-refractivity contribution in [3.05, 3.63) is 0 Å². The van der Waals surface area contributed by atoms with Gasteiger partial charge in [-0.3, -0.25) is 9.59 Å². The molecule has 0 amide bonds. The van der Waals surface area contributed by atoms with Crippen LogP contribution in [0.4, 0.5) is 0 Å². The van der Waals surface area contributed by atoms with Crippen LogP contribution < -0.4 is 0 Å². The molecule has 0 aliphatic heterocycles. The van der Waals surface area contributed by atoms with Gasteiger partial charge in [0.05, 0.1) is 0 Å². The summed E-state index contributed by atoms with van der Waals surface area (Å²) in [4.78, 5) is 25.4. The summed E-state index contributed by atoms with van der Waals surface area (Å²) in [5.74, 6) is 3.20. The third-order valence-electron chi connectivity index (χ3n) is 8.76. The zero-order valence-electron chi connectivity index (χ0n) is 15.1. The predicted octanol–water partition coefficient (Wildman–Crippen LogP) is 4.80. The number of carbonyl (C=O) groups excluding carboxylic acids is 2. The Morgan fingerprint density at radius 1 is 1.00 bits per heavy atom. The lowest BCUT2D eigenvalue weighted by Crippen LogP contribution is -2.57. The van der Waals surface area contributed by atoms with Crippen molar-refractivity contribution in [1.82, 2.24) is 0 Å². The summed E-state index contributed by atoms with van der Waals surface area (Å²) < 4.78 is 0. The van der Waals surface area contributed by atoms with Gasteiger partial charge in [0.2, 0.25) is 0 Å². The molecule has 4 rings (SSSR count). The molecule has 4 aliphatic carbocycles. The third-order valence-corrected chi connectivity index (χ3v) is 8.76. The van der Waals surface area contributed by atoms with Gasteiger partial charge in [-0.2, -0.15) is 0 Å². The maximum absolute atomic E-state index is 13.3. The normalized spacial score (nSPS) is 52.5. The van der Waals surface area contributed by atoms with Crippen LogP contribution in [0, 0.1) is 40.4 Å². The van der Waals surface area contributed by atoms with Crippen LogP contribution in [0.25, 0.3) is 0 Å². The van der Waals surface area contributed by atoms with Crippen LogP contribution in [0.5, 0.6) is 0 Å². The van der Waals surface area contributed by atoms with Crippen LogP contribution in [0.1, 0.15) is 78.6 Å². The molecule has 0 aromatic rings. The number of rotatable bonds is 1. The highest BCUT2D eigenvalue weighted by Gasteiger charge is 2.63. The lowest BCUT2D eigenvalue weighted by Gasteiger charge is -2.59. The zero-order chi connectivity index (χ0) is 16.4. The Bertz CT molecular complexity index is 538. The maximum atomic E-state index is 13.3. The largest absolute Gasteiger partial charge is 0.300 e. The van der Waals surface area contributed by atoms with E-state index in [9.17, 15) is 9.59 Å². The van der Waals surface area contributed by atoms with Crippen molar-refractivity contribution < 1.29 is 9.59 Å². The van der Waals surface area contributed by atoms with E-state index in [1.807, 2.05) is 0 Å². The van der Waals surface area contributed by atoms with Gasteiger partial charge in [0.1, 0.15) is 11.6 Å². The Labute approximate surface area is 140 Å². The van der Waals surface area contributed by atoms with Crippen molar-refractivity contribution in [2.45, 2.75) is 78.6 Å². The molecule has 0 spiro atoms. The van der Waals surface area contributed by atoms with Crippen LogP contribution >= 0.6 is 0 Å². The molecule has 0 N–H and O–H groups in total. The standard InChI is InChI=1S/C21H32O2/c1-13(22)16-9-10-17-15-8-7-14-6-4-5-11-20(14,2)19(15)18(23)12-21(16,17)3/h14-17,19H,4-12H2,1-3H3/t14?,15-,16+,17-,19+,20-,21+/m0/s1. The summed E-state index contributed by atoms with van der Waals surface area (Å²) >= 11 is 0. The first-order chi connectivity index (χ1) is 10.9. The predicted molar refractivity (Wildman–Crippen MR) is 90.9 cm³/mol. The minimum absolute atomic E-state index is 0.0397. The summed E-state index contributed by atoms with van der Waals surface area (Å²) in [6.07, 6.45) is 10.7. The molecule has 2 nitrogen and oxygen atoms in total. The molecule has 4 aliphatic rings. The number of ketones is 2. The second-order valence-electron chi connectivity index (χ2n) is 9.66. The van der Waals surface area contributed by atoms with Crippen LogP contribution in [0.2, 0.25) is 0 Å². The number of carbonyl (C=O) groups is 2. The number of fused-ring (bicyclic) bond motifs is 5. The van der Waals surface area contributed by atoms with Crippen molar-refractivity contribution in [2.24, 2.45) is 40.4 Å². The third kappa shape index (κ3) is 2.05. The zero-order valence-corrected chi connectivity index (χ0v) is 15.1. The Hall–Kier alpha value is -0.660. The Kier molecular flexibility index (Phi) is 3.56. The minimum Gasteiger partial charge on any atom is -0.300 e. The number of hydrogen-bond donors (Lipinski definition) is 0. The second kappa shape index (κ2) is 5.17. The molecule has 0 aromatic carbocycles. The van der Waals surface area contributed by atoms with E-state index in [-0.39, 0.29) is 16.7 Å². The fraction of sp³-hybridized carbons (Fsp3) is 0.905. The highest BCUT2D eigenvalue weighted by atomic mass is 16.1. The van der Waals surface area contributed by atoms with E-state index in [2.05, 4.69) is 13.8 Å². The topological polar surface area (TPSA) is 34.1 Å².